The van der Waals surface area contributed by atoms with E-state index in [4.69, 9.17) is 11.6 Å². The Bertz CT molecular complexity index is 1220. The Balaban J connectivity index is 1.46. The van der Waals surface area contributed by atoms with Crippen molar-refractivity contribution in [1.29, 1.82) is 0 Å². The number of hydrogen-bond donors (Lipinski definition) is 1. The number of aromatic amines is 1. The van der Waals surface area contributed by atoms with E-state index in [0.29, 0.717) is 54.5 Å². The van der Waals surface area contributed by atoms with Crippen molar-refractivity contribution in [2.24, 2.45) is 0 Å². The molecule has 0 bridgehead atoms. The van der Waals surface area contributed by atoms with Crippen LogP contribution in [-0.2, 0) is 16.6 Å². The highest BCUT2D eigenvalue weighted by molar-refractivity contribution is 9.10. The quantitative estimate of drug-likeness (QED) is 0.599. The van der Waals surface area contributed by atoms with Crippen molar-refractivity contribution in [3.8, 4) is 0 Å². The molecule has 0 aliphatic carbocycles. The Morgan fingerprint density at radius 2 is 1.86 bits per heavy atom. The molecular weight excluding hydrogens is 480 g/mol. The second kappa shape index (κ2) is 8.16. The molecule has 2 aromatic carbocycles. The molecular formula is C19H18BrClN4O3S. The predicted octanol–water partition coefficient (Wildman–Crippen LogP) is 2.85. The smallest absolute Gasteiger partial charge is 0.258 e. The van der Waals surface area contributed by atoms with Gasteiger partial charge in [-0.3, -0.25) is 9.69 Å². The topological polar surface area (TPSA) is 86.4 Å². The summed E-state index contributed by atoms with van der Waals surface area (Å²) in [5, 5.41) is 1.01. The number of nitrogens with zero attached hydrogens (tertiary/aromatic N) is 3. The van der Waals surface area contributed by atoms with Crippen LogP contribution in [0.25, 0.3) is 10.9 Å². The Hall–Kier alpha value is -1.78. The van der Waals surface area contributed by atoms with Gasteiger partial charge in [-0.2, -0.15) is 4.31 Å². The molecule has 0 saturated carbocycles. The summed E-state index contributed by atoms with van der Waals surface area (Å²) in [5.74, 6) is 0.535. The van der Waals surface area contributed by atoms with E-state index in [1.54, 1.807) is 42.5 Å². The first kappa shape index (κ1) is 20.5. The molecule has 0 spiro atoms. The van der Waals surface area contributed by atoms with E-state index in [0.717, 1.165) is 4.47 Å². The van der Waals surface area contributed by atoms with Crippen LogP contribution in [-0.4, -0.2) is 53.8 Å². The first-order valence-corrected chi connectivity index (χ1v) is 11.6. The molecule has 152 valence electrons. The van der Waals surface area contributed by atoms with Crippen LogP contribution in [0.5, 0.6) is 0 Å². The zero-order valence-corrected chi connectivity index (χ0v) is 18.5. The lowest BCUT2D eigenvalue weighted by molar-refractivity contribution is 0.178. The second-order valence-electron chi connectivity index (χ2n) is 6.81. The average molecular weight is 498 g/mol. The minimum atomic E-state index is -3.53. The molecule has 0 radical (unpaired) electrons. The molecule has 0 amide bonds. The summed E-state index contributed by atoms with van der Waals surface area (Å²) in [6.45, 7) is 2.27. The maximum Gasteiger partial charge on any atom is 0.258 e. The van der Waals surface area contributed by atoms with E-state index < -0.39 is 10.0 Å². The zero-order chi connectivity index (χ0) is 20.6. The Morgan fingerprint density at radius 1 is 1.10 bits per heavy atom. The van der Waals surface area contributed by atoms with Crippen LogP contribution in [0, 0.1) is 0 Å². The molecule has 1 aliphatic rings. The lowest BCUT2D eigenvalue weighted by Crippen LogP contribution is -2.48. The van der Waals surface area contributed by atoms with Crippen LogP contribution in [0.4, 0.5) is 0 Å². The van der Waals surface area contributed by atoms with Gasteiger partial charge >= 0.3 is 0 Å². The van der Waals surface area contributed by atoms with E-state index in [9.17, 15) is 13.2 Å². The van der Waals surface area contributed by atoms with Gasteiger partial charge in [-0.15, -0.1) is 0 Å². The second-order valence-corrected chi connectivity index (χ2v) is 10.1. The highest BCUT2D eigenvalue weighted by atomic mass is 79.9. The fraction of sp³-hybridized carbons (Fsp3) is 0.263. The first-order chi connectivity index (χ1) is 13.8. The van der Waals surface area contributed by atoms with Gasteiger partial charge < -0.3 is 4.98 Å². The van der Waals surface area contributed by atoms with E-state index in [1.807, 2.05) is 0 Å². The molecule has 1 N–H and O–H groups in total. The third kappa shape index (κ3) is 4.39. The van der Waals surface area contributed by atoms with Gasteiger partial charge in [0.15, 0.2) is 0 Å². The number of benzene rings is 2. The normalized spacial score (nSPS) is 16.3. The third-order valence-electron chi connectivity index (χ3n) is 4.86. The van der Waals surface area contributed by atoms with Gasteiger partial charge in [0.2, 0.25) is 10.0 Å². The molecule has 0 atom stereocenters. The predicted molar refractivity (Wildman–Crippen MR) is 116 cm³/mol. The average Bonchev–Trinajstić information content (AvgIpc) is 2.68. The summed E-state index contributed by atoms with van der Waals surface area (Å²) >= 11 is 9.32. The van der Waals surface area contributed by atoms with Crippen molar-refractivity contribution in [3.63, 3.8) is 0 Å². The molecule has 1 fully saturated rings. The number of hydrogen-bond acceptors (Lipinski definition) is 5. The molecule has 2 heterocycles. The summed E-state index contributed by atoms with van der Waals surface area (Å²) in [7, 11) is -3.53. The minimum Gasteiger partial charge on any atom is -0.309 e. The molecule has 1 aromatic heterocycles. The molecule has 29 heavy (non-hydrogen) atoms. The lowest BCUT2D eigenvalue weighted by atomic mass is 10.2. The van der Waals surface area contributed by atoms with E-state index in [2.05, 4.69) is 30.8 Å². The van der Waals surface area contributed by atoms with Crippen molar-refractivity contribution >= 4 is 48.5 Å². The summed E-state index contributed by atoms with van der Waals surface area (Å²) in [6.07, 6.45) is 0. The van der Waals surface area contributed by atoms with Gasteiger partial charge in [-0.1, -0.05) is 33.6 Å². The SMILES string of the molecule is O=c1[nH]c(CN2CCN(S(=O)(=O)c3cccc(Br)c3)CC2)nc2cc(Cl)ccc12. The minimum absolute atomic E-state index is 0.211. The Morgan fingerprint density at radius 3 is 2.59 bits per heavy atom. The van der Waals surface area contributed by atoms with E-state index in [-0.39, 0.29) is 10.5 Å². The molecule has 10 heteroatoms. The number of fused-ring (bicyclic) bond motifs is 1. The van der Waals surface area contributed by atoms with Gasteiger partial charge in [0, 0.05) is 35.7 Å². The van der Waals surface area contributed by atoms with Crippen LogP contribution >= 0.6 is 27.5 Å². The van der Waals surface area contributed by atoms with Gasteiger partial charge in [0.25, 0.3) is 5.56 Å². The number of piperazine rings is 1. The maximum absolute atomic E-state index is 12.8. The van der Waals surface area contributed by atoms with Crippen LogP contribution in [0.15, 0.2) is 56.6 Å². The highest BCUT2D eigenvalue weighted by Crippen LogP contribution is 2.21. The lowest BCUT2D eigenvalue weighted by Gasteiger charge is -2.33. The number of aromatic nitrogens is 2. The monoisotopic (exact) mass is 496 g/mol. The van der Waals surface area contributed by atoms with Crippen LogP contribution < -0.4 is 5.56 Å². The Kier molecular flexibility index (Phi) is 5.76. The molecule has 1 aliphatic heterocycles. The summed E-state index contributed by atoms with van der Waals surface area (Å²) in [6, 6.07) is 11.7. The van der Waals surface area contributed by atoms with Gasteiger partial charge in [-0.05, 0) is 36.4 Å². The van der Waals surface area contributed by atoms with E-state index >= 15 is 0 Å². The van der Waals surface area contributed by atoms with Crippen molar-refractivity contribution in [2.45, 2.75) is 11.4 Å². The third-order valence-corrected chi connectivity index (χ3v) is 7.48. The fourth-order valence-corrected chi connectivity index (χ4v) is 5.54. The van der Waals surface area contributed by atoms with Gasteiger partial charge in [0.1, 0.15) is 5.82 Å². The van der Waals surface area contributed by atoms with Crippen molar-refractivity contribution in [1.82, 2.24) is 19.2 Å². The van der Waals surface area contributed by atoms with Crippen molar-refractivity contribution < 1.29 is 8.42 Å². The summed E-state index contributed by atoms with van der Waals surface area (Å²) in [4.78, 5) is 21.9. The highest BCUT2D eigenvalue weighted by Gasteiger charge is 2.28. The molecule has 3 aromatic rings. The van der Waals surface area contributed by atoms with Crippen LogP contribution in [0.1, 0.15) is 5.82 Å². The molecule has 1 saturated heterocycles. The summed E-state index contributed by atoms with van der Waals surface area (Å²) in [5.41, 5.74) is 0.338. The number of sulfonamides is 1. The molecule has 4 rings (SSSR count). The van der Waals surface area contributed by atoms with Crippen LogP contribution in [0.2, 0.25) is 5.02 Å². The Labute approximate surface area is 181 Å². The molecule has 0 unspecified atom stereocenters. The number of nitrogens with one attached hydrogen (secondary N) is 1. The number of rotatable bonds is 4. The first-order valence-electron chi connectivity index (χ1n) is 8.99. The van der Waals surface area contributed by atoms with Crippen molar-refractivity contribution in [3.05, 3.63) is 68.1 Å². The zero-order valence-electron chi connectivity index (χ0n) is 15.3. The largest absolute Gasteiger partial charge is 0.309 e. The van der Waals surface area contributed by atoms with Gasteiger partial charge in [-0.25, -0.2) is 13.4 Å². The number of H-pyrrole nitrogens is 1. The molecule has 7 nitrogen and oxygen atoms in total. The fourth-order valence-electron chi connectivity index (χ4n) is 3.35. The standard InChI is InChI=1S/C19H18BrClN4O3S/c20-13-2-1-3-15(10-13)29(27,28)25-8-6-24(7-9-25)12-18-22-17-11-14(21)4-5-16(17)19(26)23-18/h1-5,10-11H,6-9,12H2,(H,22,23,26). The maximum atomic E-state index is 12.8. The summed E-state index contributed by atoms with van der Waals surface area (Å²) < 4.78 is 27.9. The van der Waals surface area contributed by atoms with Gasteiger partial charge in [0.05, 0.1) is 22.3 Å². The van der Waals surface area contributed by atoms with E-state index in [1.165, 1.54) is 4.31 Å². The van der Waals surface area contributed by atoms with Crippen molar-refractivity contribution in [2.75, 3.05) is 26.2 Å². The van der Waals surface area contributed by atoms with Crippen LogP contribution in [0.3, 0.4) is 0 Å². The number of halogens is 2.